The number of benzene rings is 1. The molecule has 0 aliphatic heterocycles. The minimum Gasteiger partial charge on any atom is -0.467 e. The molecule has 1 aliphatic carbocycles. The average molecular weight is 489 g/mol. The summed E-state index contributed by atoms with van der Waals surface area (Å²) < 4.78 is 7.42. The molecule has 0 amide bonds. The maximum atomic E-state index is 13.3. The molecular weight excluding hydrogens is 452 g/mol. The highest BCUT2D eigenvalue weighted by Gasteiger charge is 2.35. The second-order valence-electron chi connectivity index (χ2n) is 10.6. The predicted octanol–water partition coefficient (Wildman–Crippen LogP) is 5.30. The third-order valence-corrected chi connectivity index (χ3v) is 7.48. The molecule has 190 valence electrons. The summed E-state index contributed by atoms with van der Waals surface area (Å²) in [6, 6.07) is 10.5. The Labute approximate surface area is 211 Å². The zero-order valence-electron chi connectivity index (χ0n) is 21.7. The van der Waals surface area contributed by atoms with Gasteiger partial charge in [-0.05, 0) is 78.4 Å². The molecule has 0 radical (unpaired) electrons. The van der Waals surface area contributed by atoms with Gasteiger partial charge in [0.15, 0.2) is 5.82 Å². The predicted molar refractivity (Wildman–Crippen MR) is 140 cm³/mol. The molecule has 8 heteroatoms. The van der Waals surface area contributed by atoms with Gasteiger partial charge in [0, 0.05) is 29.1 Å². The highest BCUT2D eigenvalue weighted by atomic mass is 16.3. The van der Waals surface area contributed by atoms with E-state index in [2.05, 4.69) is 65.2 Å². The molecule has 0 saturated heterocycles. The second-order valence-corrected chi connectivity index (χ2v) is 10.6. The summed E-state index contributed by atoms with van der Waals surface area (Å²) in [6.07, 6.45) is 7.58. The molecule has 4 aromatic rings. The van der Waals surface area contributed by atoms with E-state index in [0.717, 1.165) is 46.5 Å². The zero-order chi connectivity index (χ0) is 25.2. The number of tetrazole rings is 1. The first-order valence-electron chi connectivity index (χ1n) is 13.1. The van der Waals surface area contributed by atoms with E-state index >= 15 is 0 Å². The van der Waals surface area contributed by atoms with E-state index in [1.54, 1.807) is 6.26 Å². The number of hydrogen-bond donors (Lipinski definition) is 1. The largest absolute Gasteiger partial charge is 0.467 e. The molecule has 5 rings (SSSR count). The van der Waals surface area contributed by atoms with Gasteiger partial charge in [0.1, 0.15) is 12.3 Å². The van der Waals surface area contributed by atoms with Gasteiger partial charge in [0.2, 0.25) is 0 Å². The molecule has 1 fully saturated rings. The summed E-state index contributed by atoms with van der Waals surface area (Å²) in [5, 5.41) is 14.0. The van der Waals surface area contributed by atoms with Crippen molar-refractivity contribution in [3.05, 3.63) is 75.2 Å². The SMILES string of the molecule is Cc1cc(C)c2cc(CN(C3CCCCC3)C(c3nnnn3Cc3ccco3)C(C)C)c(=O)[nH]c2c1. The van der Waals surface area contributed by atoms with Crippen molar-refractivity contribution in [1.29, 1.82) is 0 Å². The van der Waals surface area contributed by atoms with Crippen LogP contribution >= 0.6 is 0 Å². The molecule has 3 aromatic heterocycles. The lowest BCUT2D eigenvalue weighted by atomic mass is 9.90. The Bertz CT molecular complexity index is 1360. The minimum atomic E-state index is -0.0349. The zero-order valence-corrected chi connectivity index (χ0v) is 21.7. The first-order chi connectivity index (χ1) is 17.4. The fourth-order valence-electron chi connectivity index (χ4n) is 5.81. The van der Waals surface area contributed by atoms with Gasteiger partial charge in [-0.15, -0.1) is 5.10 Å². The molecule has 1 unspecified atom stereocenters. The van der Waals surface area contributed by atoms with Gasteiger partial charge in [-0.3, -0.25) is 9.69 Å². The van der Waals surface area contributed by atoms with Crippen molar-refractivity contribution in [2.75, 3.05) is 0 Å². The van der Waals surface area contributed by atoms with Gasteiger partial charge in [-0.25, -0.2) is 4.68 Å². The minimum absolute atomic E-state index is 0.0222. The maximum absolute atomic E-state index is 13.3. The van der Waals surface area contributed by atoms with Gasteiger partial charge in [-0.1, -0.05) is 39.2 Å². The van der Waals surface area contributed by atoms with E-state index in [4.69, 9.17) is 4.42 Å². The first kappa shape index (κ1) is 24.4. The van der Waals surface area contributed by atoms with E-state index in [9.17, 15) is 4.79 Å². The van der Waals surface area contributed by atoms with Crippen molar-refractivity contribution in [3.63, 3.8) is 0 Å². The number of H-pyrrole nitrogens is 1. The molecule has 1 aliphatic rings. The molecule has 8 nitrogen and oxygen atoms in total. The monoisotopic (exact) mass is 488 g/mol. The lowest BCUT2D eigenvalue weighted by Gasteiger charge is -2.41. The number of hydrogen-bond acceptors (Lipinski definition) is 6. The fourth-order valence-corrected chi connectivity index (χ4v) is 5.81. The van der Waals surface area contributed by atoms with E-state index in [0.29, 0.717) is 19.1 Å². The van der Waals surface area contributed by atoms with E-state index in [1.165, 1.54) is 24.8 Å². The number of furan rings is 1. The van der Waals surface area contributed by atoms with Crippen LogP contribution in [-0.2, 0) is 13.1 Å². The highest BCUT2D eigenvalue weighted by molar-refractivity contribution is 5.83. The van der Waals surface area contributed by atoms with Crippen LogP contribution in [0.15, 0.2) is 45.8 Å². The maximum Gasteiger partial charge on any atom is 0.252 e. The van der Waals surface area contributed by atoms with Crippen LogP contribution in [0.4, 0.5) is 0 Å². The topological polar surface area (TPSA) is 92.8 Å². The van der Waals surface area contributed by atoms with Crippen molar-refractivity contribution in [2.45, 2.75) is 85.0 Å². The summed E-state index contributed by atoms with van der Waals surface area (Å²) in [6.45, 7) is 9.62. The Kier molecular flexibility index (Phi) is 7.05. The van der Waals surface area contributed by atoms with Crippen LogP contribution in [0.5, 0.6) is 0 Å². The van der Waals surface area contributed by atoms with E-state index in [-0.39, 0.29) is 17.5 Å². The van der Waals surface area contributed by atoms with Gasteiger partial charge >= 0.3 is 0 Å². The van der Waals surface area contributed by atoms with Crippen LogP contribution in [0.3, 0.4) is 0 Å². The number of aromatic amines is 1. The molecule has 0 spiro atoms. The van der Waals surface area contributed by atoms with Gasteiger partial charge in [0.25, 0.3) is 5.56 Å². The summed E-state index contributed by atoms with van der Waals surface area (Å²) in [5.74, 6) is 1.88. The molecular formula is C28H36N6O2. The molecule has 1 atom stereocenters. The van der Waals surface area contributed by atoms with Crippen LogP contribution in [0.25, 0.3) is 10.9 Å². The normalized spacial score (nSPS) is 15.8. The van der Waals surface area contributed by atoms with Crippen LogP contribution in [0, 0.1) is 19.8 Å². The fraction of sp³-hybridized carbons (Fsp3) is 0.500. The van der Waals surface area contributed by atoms with Gasteiger partial charge in [-0.2, -0.15) is 0 Å². The van der Waals surface area contributed by atoms with Crippen LogP contribution in [-0.4, -0.2) is 36.1 Å². The van der Waals surface area contributed by atoms with E-state index in [1.807, 2.05) is 22.9 Å². The van der Waals surface area contributed by atoms with Gasteiger partial charge in [0.05, 0.1) is 12.3 Å². The number of fused-ring (bicyclic) bond motifs is 1. The lowest BCUT2D eigenvalue weighted by Crippen LogP contribution is -2.43. The van der Waals surface area contributed by atoms with Crippen LogP contribution in [0.2, 0.25) is 0 Å². The van der Waals surface area contributed by atoms with Crippen molar-refractivity contribution >= 4 is 10.9 Å². The van der Waals surface area contributed by atoms with Crippen molar-refractivity contribution < 1.29 is 4.42 Å². The number of aryl methyl sites for hydroxylation is 2. The summed E-state index contributed by atoms with van der Waals surface area (Å²) in [7, 11) is 0. The Morgan fingerprint density at radius 3 is 2.69 bits per heavy atom. The quantitative estimate of drug-likeness (QED) is 0.362. The molecule has 1 saturated carbocycles. The molecule has 1 aromatic carbocycles. The highest BCUT2D eigenvalue weighted by Crippen LogP contribution is 2.35. The third-order valence-electron chi connectivity index (χ3n) is 7.48. The Morgan fingerprint density at radius 1 is 1.17 bits per heavy atom. The summed E-state index contributed by atoms with van der Waals surface area (Å²) in [4.78, 5) is 18.9. The standard InChI is InChI=1S/C28H36N6O2/c1-18(2)26(27-30-31-32-34(27)17-23-11-8-12-36-23)33(22-9-6-5-7-10-22)16-21-15-24-20(4)13-19(3)14-25(24)29-28(21)35/h8,11-15,18,22,26H,5-7,9-10,16-17H2,1-4H3,(H,29,35). The smallest absolute Gasteiger partial charge is 0.252 e. The number of pyridine rings is 1. The number of aromatic nitrogens is 5. The second kappa shape index (κ2) is 10.4. The van der Waals surface area contributed by atoms with Crippen LogP contribution in [0.1, 0.15) is 80.3 Å². The average Bonchev–Trinajstić information content (AvgIpc) is 3.52. The number of rotatable bonds is 8. The number of nitrogens with one attached hydrogen (secondary N) is 1. The van der Waals surface area contributed by atoms with Crippen molar-refractivity contribution in [2.24, 2.45) is 5.92 Å². The molecule has 0 bridgehead atoms. The van der Waals surface area contributed by atoms with Crippen molar-refractivity contribution in [3.8, 4) is 0 Å². The Morgan fingerprint density at radius 2 is 1.97 bits per heavy atom. The summed E-state index contributed by atoms with van der Waals surface area (Å²) in [5.41, 5.74) is 3.99. The molecule has 36 heavy (non-hydrogen) atoms. The summed E-state index contributed by atoms with van der Waals surface area (Å²) >= 11 is 0. The first-order valence-corrected chi connectivity index (χ1v) is 13.1. The Hall–Kier alpha value is -3.26. The van der Waals surface area contributed by atoms with E-state index < -0.39 is 0 Å². The number of nitrogens with zero attached hydrogens (tertiary/aromatic N) is 5. The molecule has 1 N–H and O–H groups in total. The third kappa shape index (κ3) is 5.00. The van der Waals surface area contributed by atoms with Crippen molar-refractivity contribution in [1.82, 2.24) is 30.1 Å². The van der Waals surface area contributed by atoms with Crippen LogP contribution < -0.4 is 5.56 Å². The van der Waals surface area contributed by atoms with Gasteiger partial charge < -0.3 is 9.40 Å². The molecule has 3 heterocycles. The lowest BCUT2D eigenvalue weighted by molar-refractivity contribution is 0.0610. The Balaban J connectivity index is 1.56.